The van der Waals surface area contributed by atoms with Crippen molar-refractivity contribution in [3.63, 3.8) is 0 Å². The van der Waals surface area contributed by atoms with Gasteiger partial charge >= 0.3 is 0 Å². The molecule has 0 heterocycles. The van der Waals surface area contributed by atoms with Gasteiger partial charge in [-0.2, -0.15) is 0 Å². The summed E-state index contributed by atoms with van der Waals surface area (Å²) in [5.74, 6) is 0. The smallest absolute Gasteiger partial charge is 0.293 e. The molecule has 82 valence electrons. The van der Waals surface area contributed by atoms with Crippen LogP contribution in [0.5, 0.6) is 0 Å². The van der Waals surface area contributed by atoms with Gasteiger partial charge in [-0.05, 0) is 38.2 Å². The molecule has 1 aromatic carbocycles. The van der Waals surface area contributed by atoms with Crippen molar-refractivity contribution >= 4 is 6.47 Å². The summed E-state index contributed by atoms with van der Waals surface area (Å²) in [7, 11) is 0. The lowest BCUT2D eigenvalue weighted by molar-refractivity contribution is -0.128. The van der Waals surface area contributed by atoms with Crippen LogP contribution < -0.4 is 0 Å². The molecular formula is C13H18O2. The van der Waals surface area contributed by atoms with E-state index in [-0.39, 0.29) is 0 Å². The Kier molecular flexibility index (Phi) is 5.52. The molecule has 2 nitrogen and oxygen atoms in total. The van der Waals surface area contributed by atoms with E-state index in [0.717, 1.165) is 25.7 Å². The van der Waals surface area contributed by atoms with Crippen molar-refractivity contribution in [2.75, 3.05) is 6.61 Å². The molecule has 1 aromatic rings. The molecule has 0 amide bonds. The largest absolute Gasteiger partial charge is 0.468 e. The Morgan fingerprint density at radius 3 is 2.53 bits per heavy atom. The van der Waals surface area contributed by atoms with Gasteiger partial charge in [-0.25, -0.2) is 0 Å². The minimum absolute atomic E-state index is 0.514. The molecule has 0 spiro atoms. The lowest BCUT2D eigenvalue weighted by atomic mass is 10.1. The first-order valence-electron chi connectivity index (χ1n) is 5.44. The topological polar surface area (TPSA) is 26.3 Å². The fourth-order valence-corrected chi connectivity index (χ4v) is 1.49. The highest BCUT2D eigenvalue weighted by atomic mass is 16.5. The standard InChI is InChI=1S/C13H18O2/c1-12-6-8-13(9-7-12)5-3-2-4-10-15-11-14/h6-9,11H,2-5,10H2,1H3. The summed E-state index contributed by atoms with van der Waals surface area (Å²) in [6, 6.07) is 8.64. The van der Waals surface area contributed by atoms with Crippen LogP contribution in [0.4, 0.5) is 0 Å². The molecule has 15 heavy (non-hydrogen) atoms. The molecule has 0 fully saturated rings. The van der Waals surface area contributed by atoms with Crippen LogP contribution in [0.3, 0.4) is 0 Å². The molecule has 2 heteroatoms. The molecular weight excluding hydrogens is 188 g/mol. The Hall–Kier alpha value is -1.31. The highest BCUT2D eigenvalue weighted by Gasteiger charge is 1.93. The number of ether oxygens (including phenoxy) is 1. The van der Waals surface area contributed by atoms with Crippen molar-refractivity contribution in [2.45, 2.75) is 32.6 Å². The quantitative estimate of drug-likeness (QED) is 0.506. The van der Waals surface area contributed by atoms with E-state index in [9.17, 15) is 4.79 Å². The van der Waals surface area contributed by atoms with Crippen LogP contribution in [-0.4, -0.2) is 13.1 Å². The maximum Gasteiger partial charge on any atom is 0.293 e. The Labute approximate surface area is 91.3 Å². The average Bonchev–Trinajstić information content (AvgIpc) is 2.26. The molecule has 0 aliphatic rings. The average molecular weight is 206 g/mol. The van der Waals surface area contributed by atoms with E-state index in [4.69, 9.17) is 0 Å². The summed E-state index contributed by atoms with van der Waals surface area (Å²) in [6.45, 7) is 3.16. The highest BCUT2D eigenvalue weighted by molar-refractivity contribution is 5.36. The van der Waals surface area contributed by atoms with Crippen molar-refractivity contribution in [3.8, 4) is 0 Å². The molecule has 0 atom stereocenters. The molecule has 0 aliphatic heterocycles. The Morgan fingerprint density at radius 1 is 1.13 bits per heavy atom. The highest BCUT2D eigenvalue weighted by Crippen LogP contribution is 2.08. The minimum atomic E-state index is 0.514. The zero-order valence-corrected chi connectivity index (χ0v) is 9.24. The van der Waals surface area contributed by atoms with Crippen LogP contribution in [0.15, 0.2) is 24.3 Å². The monoisotopic (exact) mass is 206 g/mol. The van der Waals surface area contributed by atoms with E-state index >= 15 is 0 Å². The van der Waals surface area contributed by atoms with Crippen LogP contribution in [0, 0.1) is 6.92 Å². The molecule has 0 radical (unpaired) electrons. The van der Waals surface area contributed by atoms with Crippen LogP contribution in [0.25, 0.3) is 0 Å². The Balaban J connectivity index is 2.09. The maximum absolute atomic E-state index is 9.87. The maximum atomic E-state index is 9.87. The normalized spacial score (nSPS) is 9.93. The Bertz CT molecular complexity index is 277. The molecule has 0 bridgehead atoms. The first-order valence-corrected chi connectivity index (χ1v) is 5.44. The fourth-order valence-electron chi connectivity index (χ4n) is 1.49. The third kappa shape index (κ3) is 5.21. The van der Waals surface area contributed by atoms with Gasteiger partial charge in [0.15, 0.2) is 0 Å². The third-order valence-corrected chi connectivity index (χ3v) is 2.42. The van der Waals surface area contributed by atoms with Crippen LogP contribution >= 0.6 is 0 Å². The number of benzene rings is 1. The molecule has 0 N–H and O–H groups in total. The van der Waals surface area contributed by atoms with Crippen molar-refractivity contribution < 1.29 is 9.53 Å². The van der Waals surface area contributed by atoms with Gasteiger partial charge < -0.3 is 4.74 Å². The van der Waals surface area contributed by atoms with E-state index in [2.05, 4.69) is 35.9 Å². The predicted molar refractivity (Wildman–Crippen MR) is 60.8 cm³/mol. The van der Waals surface area contributed by atoms with Gasteiger partial charge in [0, 0.05) is 0 Å². The van der Waals surface area contributed by atoms with E-state index in [1.165, 1.54) is 11.1 Å². The first kappa shape index (κ1) is 11.8. The van der Waals surface area contributed by atoms with Gasteiger partial charge in [0.1, 0.15) is 0 Å². The van der Waals surface area contributed by atoms with Crippen LogP contribution in [0.2, 0.25) is 0 Å². The SMILES string of the molecule is Cc1ccc(CCCCCOC=O)cc1. The van der Waals surface area contributed by atoms with Gasteiger partial charge in [0.25, 0.3) is 6.47 Å². The molecule has 0 saturated heterocycles. The second-order valence-electron chi connectivity index (χ2n) is 3.76. The van der Waals surface area contributed by atoms with Gasteiger partial charge in [-0.3, -0.25) is 4.79 Å². The first-order chi connectivity index (χ1) is 7.33. The molecule has 0 saturated carbocycles. The van der Waals surface area contributed by atoms with Crippen molar-refractivity contribution in [1.29, 1.82) is 0 Å². The van der Waals surface area contributed by atoms with Crippen molar-refractivity contribution in [2.24, 2.45) is 0 Å². The predicted octanol–water partition coefficient (Wildman–Crippen LogP) is 2.88. The number of hydrogen-bond acceptors (Lipinski definition) is 2. The van der Waals surface area contributed by atoms with E-state index in [1.54, 1.807) is 0 Å². The lowest BCUT2D eigenvalue weighted by Crippen LogP contribution is -1.92. The van der Waals surface area contributed by atoms with Crippen LogP contribution in [-0.2, 0) is 16.0 Å². The number of carbonyl (C=O) groups is 1. The number of carbonyl (C=O) groups excluding carboxylic acids is 1. The number of rotatable bonds is 7. The molecule has 0 unspecified atom stereocenters. The summed E-state index contributed by atoms with van der Waals surface area (Å²) in [5.41, 5.74) is 2.69. The molecule has 0 aliphatic carbocycles. The van der Waals surface area contributed by atoms with E-state index in [1.807, 2.05) is 0 Å². The Morgan fingerprint density at radius 2 is 1.87 bits per heavy atom. The van der Waals surface area contributed by atoms with Gasteiger partial charge in [-0.1, -0.05) is 29.8 Å². The van der Waals surface area contributed by atoms with Gasteiger partial charge in [0.05, 0.1) is 6.61 Å². The second-order valence-corrected chi connectivity index (χ2v) is 3.76. The number of aryl methyl sites for hydroxylation is 2. The summed E-state index contributed by atoms with van der Waals surface area (Å²) in [5, 5.41) is 0. The third-order valence-electron chi connectivity index (χ3n) is 2.42. The summed E-state index contributed by atoms with van der Waals surface area (Å²) < 4.78 is 4.62. The minimum Gasteiger partial charge on any atom is -0.468 e. The summed E-state index contributed by atoms with van der Waals surface area (Å²) in [6.07, 6.45) is 4.35. The number of unbranched alkanes of at least 4 members (excludes halogenated alkanes) is 2. The van der Waals surface area contributed by atoms with Gasteiger partial charge in [-0.15, -0.1) is 0 Å². The van der Waals surface area contributed by atoms with Crippen molar-refractivity contribution in [1.82, 2.24) is 0 Å². The molecule has 0 aromatic heterocycles. The van der Waals surface area contributed by atoms with Crippen molar-refractivity contribution in [3.05, 3.63) is 35.4 Å². The zero-order valence-electron chi connectivity index (χ0n) is 9.24. The lowest BCUT2D eigenvalue weighted by Gasteiger charge is -2.02. The summed E-state index contributed by atoms with van der Waals surface area (Å²) >= 11 is 0. The summed E-state index contributed by atoms with van der Waals surface area (Å²) in [4.78, 5) is 9.87. The molecule has 1 rings (SSSR count). The number of hydrogen-bond donors (Lipinski definition) is 0. The fraction of sp³-hybridized carbons (Fsp3) is 0.462. The van der Waals surface area contributed by atoms with Gasteiger partial charge in [0.2, 0.25) is 0 Å². The van der Waals surface area contributed by atoms with E-state index in [0.29, 0.717) is 13.1 Å². The van der Waals surface area contributed by atoms with E-state index < -0.39 is 0 Å². The zero-order chi connectivity index (χ0) is 10.9. The second kappa shape index (κ2) is 7.04. The van der Waals surface area contributed by atoms with Crippen LogP contribution in [0.1, 0.15) is 30.4 Å².